The van der Waals surface area contributed by atoms with Crippen molar-refractivity contribution in [1.82, 2.24) is 5.32 Å². The van der Waals surface area contributed by atoms with Crippen LogP contribution in [0.1, 0.15) is 5.56 Å². The van der Waals surface area contributed by atoms with Gasteiger partial charge in [-0.25, -0.2) is 4.99 Å². The molecule has 0 bridgehead atoms. The quantitative estimate of drug-likeness (QED) is 0.391. The molecule has 5 nitrogen and oxygen atoms in total. The van der Waals surface area contributed by atoms with Crippen molar-refractivity contribution in [3.63, 3.8) is 0 Å². The van der Waals surface area contributed by atoms with Crippen LogP contribution in [0.3, 0.4) is 0 Å². The third-order valence-electron chi connectivity index (χ3n) is 2.95. The smallest absolute Gasteiger partial charge is 0.228 e. The van der Waals surface area contributed by atoms with Gasteiger partial charge in [-0.05, 0) is 36.1 Å². The van der Waals surface area contributed by atoms with Crippen molar-refractivity contribution in [2.75, 3.05) is 11.6 Å². The second-order valence-electron chi connectivity index (χ2n) is 4.62. The highest BCUT2D eigenvalue weighted by Gasteiger charge is 2.04. The molecular formula is C17H16N4OS. The number of nitriles is 1. The highest BCUT2D eigenvalue weighted by Crippen LogP contribution is 2.18. The summed E-state index contributed by atoms with van der Waals surface area (Å²) in [4.78, 5) is 16.3. The molecule has 0 saturated heterocycles. The lowest BCUT2D eigenvalue weighted by atomic mass is 10.1. The van der Waals surface area contributed by atoms with E-state index < -0.39 is 0 Å². The number of amidine groups is 1. The molecule has 2 aromatic rings. The van der Waals surface area contributed by atoms with Crippen LogP contribution in [0.15, 0.2) is 59.6 Å². The minimum Gasteiger partial charge on any atom is -0.326 e. The lowest BCUT2D eigenvalue weighted by molar-refractivity contribution is -0.115. The Balaban J connectivity index is 1.97. The predicted octanol–water partition coefficient (Wildman–Crippen LogP) is 3.29. The standard InChI is InChI=1S/C17H16N4OS/c1-23-17(19-12-18)21-15-9-7-14(8-10-15)20-16(22)11-13-5-3-2-4-6-13/h2-10H,11H2,1H3,(H,19,21)(H,20,22). The highest BCUT2D eigenvalue weighted by molar-refractivity contribution is 8.13. The van der Waals surface area contributed by atoms with Crippen molar-refractivity contribution in [2.45, 2.75) is 6.42 Å². The van der Waals surface area contributed by atoms with E-state index in [2.05, 4.69) is 15.6 Å². The summed E-state index contributed by atoms with van der Waals surface area (Å²) in [6, 6.07) is 16.7. The van der Waals surface area contributed by atoms with Gasteiger partial charge in [0.05, 0.1) is 12.1 Å². The Kier molecular flexibility index (Phi) is 6.21. The monoisotopic (exact) mass is 324 g/mol. The average molecular weight is 324 g/mol. The molecule has 2 aromatic carbocycles. The maximum absolute atomic E-state index is 12.0. The molecule has 0 heterocycles. The summed E-state index contributed by atoms with van der Waals surface area (Å²) in [5.74, 6) is -0.0663. The second kappa shape index (κ2) is 8.61. The number of hydrogen-bond acceptors (Lipinski definition) is 4. The molecular weight excluding hydrogens is 308 g/mol. The molecule has 0 aliphatic heterocycles. The van der Waals surface area contributed by atoms with Crippen LogP contribution in [0.4, 0.5) is 11.4 Å². The second-order valence-corrected chi connectivity index (χ2v) is 5.41. The first kappa shape index (κ1) is 16.6. The number of carbonyl (C=O) groups is 1. The zero-order chi connectivity index (χ0) is 16.5. The normalized spacial score (nSPS) is 10.7. The zero-order valence-electron chi connectivity index (χ0n) is 12.6. The molecule has 0 aromatic heterocycles. The van der Waals surface area contributed by atoms with Crippen LogP contribution in [-0.4, -0.2) is 17.3 Å². The first-order valence-corrected chi connectivity index (χ1v) is 8.15. The van der Waals surface area contributed by atoms with Gasteiger partial charge in [-0.3, -0.25) is 10.1 Å². The number of nitrogens with zero attached hydrogens (tertiary/aromatic N) is 2. The van der Waals surface area contributed by atoms with Crippen molar-refractivity contribution in [1.29, 1.82) is 5.26 Å². The fraction of sp³-hybridized carbons (Fsp3) is 0.118. The maximum Gasteiger partial charge on any atom is 0.228 e. The Hall–Kier alpha value is -2.78. The molecule has 0 saturated carbocycles. The Bertz CT molecular complexity index is 721. The molecule has 2 rings (SSSR count). The van der Waals surface area contributed by atoms with Crippen molar-refractivity contribution >= 4 is 34.2 Å². The number of thioether (sulfide) groups is 1. The van der Waals surface area contributed by atoms with Gasteiger partial charge >= 0.3 is 0 Å². The fourth-order valence-electron chi connectivity index (χ4n) is 1.90. The van der Waals surface area contributed by atoms with Crippen LogP contribution >= 0.6 is 11.8 Å². The van der Waals surface area contributed by atoms with Crippen LogP contribution < -0.4 is 10.6 Å². The van der Waals surface area contributed by atoms with Crippen LogP contribution in [0.2, 0.25) is 0 Å². The highest BCUT2D eigenvalue weighted by atomic mass is 32.2. The Morgan fingerprint density at radius 3 is 2.48 bits per heavy atom. The molecule has 0 atom stereocenters. The number of carbonyl (C=O) groups excluding carboxylic acids is 1. The Labute approximate surface area is 139 Å². The summed E-state index contributed by atoms with van der Waals surface area (Å²) in [7, 11) is 0. The van der Waals surface area contributed by atoms with Gasteiger partial charge in [0.1, 0.15) is 0 Å². The third kappa shape index (κ3) is 5.49. The van der Waals surface area contributed by atoms with E-state index in [0.717, 1.165) is 5.56 Å². The summed E-state index contributed by atoms with van der Waals surface area (Å²) in [5.41, 5.74) is 2.39. The third-order valence-corrected chi connectivity index (χ3v) is 3.53. The maximum atomic E-state index is 12.0. The van der Waals surface area contributed by atoms with Crippen LogP contribution in [0.25, 0.3) is 0 Å². The number of anilines is 1. The molecule has 0 fully saturated rings. The summed E-state index contributed by atoms with van der Waals surface area (Å²) < 4.78 is 0. The molecule has 116 valence electrons. The molecule has 23 heavy (non-hydrogen) atoms. The molecule has 0 spiro atoms. The van der Waals surface area contributed by atoms with Gasteiger partial charge in [0.2, 0.25) is 5.91 Å². The Morgan fingerprint density at radius 1 is 1.17 bits per heavy atom. The SMILES string of the molecule is CSC(=Nc1ccc(NC(=O)Cc2ccccc2)cc1)NC#N. The largest absolute Gasteiger partial charge is 0.326 e. The minimum absolute atomic E-state index is 0.0663. The number of amides is 1. The van der Waals surface area contributed by atoms with Gasteiger partial charge in [0.25, 0.3) is 0 Å². The number of hydrogen-bond donors (Lipinski definition) is 2. The van der Waals surface area contributed by atoms with Crippen molar-refractivity contribution < 1.29 is 4.79 Å². The lowest BCUT2D eigenvalue weighted by Gasteiger charge is -2.06. The van der Waals surface area contributed by atoms with E-state index in [0.29, 0.717) is 23.0 Å². The molecule has 1 amide bonds. The summed E-state index contributed by atoms with van der Waals surface area (Å²) in [5, 5.41) is 14.5. The molecule has 0 radical (unpaired) electrons. The summed E-state index contributed by atoms with van der Waals surface area (Å²) in [6.07, 6.45) is 4.01. The van der Waals surface area contributed by atoms with Crippen molar-refractivity contribution in [3.05, 3.63) is 60.2 Å². The van der Waals surface area contributed by atoms with E-state index in [4.69, 9.17) is 5.26 Å². The molecule has 0 aliphatic carbocycles. The van der Waals surface area contributed by atoms with E-state index in [1.165, 1.54) is 11.8 Å². The van der Waals surface area contributed by atoms with Gasteiger partial charge < -0.3 is 5.32 Å². The molecule has 6 heteroatoms. The first-order chi connectivity index (χ1) is 11.2. The van der Waals surface area contributed by atoms with Gasteiger partial charge in [-0.2, -0.15) is 5.26 Å². The van der Waals surface area contributed by atoms with E-state index >= 15 is 0 Å². The number of benzene rings is 2. The van der Waals surface area contributed by atoms with Crippen molar-refractivity contribution in [3.8, 4) is 6.19 Å². The molecule has 0 aliphatic rings. The van der Waals surface area contributed by atoms with E-state index in [1.807, 2.05) is 42.8 Å². The Morgan fingerprint density at radius 2 is 1.87 bits per heavy atom. The van der Waals surface area contributed by atoms with Gasteiger partial charge in [-0.15, -0.1) is 0 Å². The minimum atomic E-state index is -0.0663. The first-order valence-electron chi connectivity index (χ1n) is 6.93. The van der Waals surface area contributed by atoms with Gasteiger partial charge in [0.15, 0.2) is 11.4 Å². The number of aliphatic imine (C=N–C) groups is 1. The average Bonchev–Trinajstić information content (AvgIpc) is 2.57. The van der Waals surface area contributed by atoms with Crippen molar-refractivity contribution in [2.24, 2.45) is 4.99 Å². The fourth-order valence-corrected chi connectivity index (χ4v) is 2.24. The van der Waals surface area contributed by atoms with Gasteiger partial charge in [-0.1, -0.05) is 42.1 Å². The van der Waals surface area contributed by atoms with Crippen LogP contribution in [-0.2, 0) is 11.2 Å². The molecule has 2 N–H and O–H groups in total. The number of rotatable bonds is 4. The number of nitrogens with one attached hydrogen (secondary N) is 2. The summed E-state index contributed by atoms with van der Waals surface area (Å²) in [6.45, 7) is 0. The van der Waals surface area contributed by atoms with E-state index in [9.17, 15) is 4.79 Å². The van der Waals surface area contributed by atoms with Crippen LogP contribution in [0, 0.1) is 11.5 Å². The lowest BCUT2D eigenvalue weighted by Crippen LogP contribution is -2.14. The van der Waals surface area contributed by atoms with E-state index in [-0.39, 0.29) is 5.91 Å². The van der Waals surface area contributed by atoms with E-state index in [1.54, 1.807) is 24.3 Å². The topological polar surface area (TPSA) is 77.3 Å². The predicted molar refractivity (Wildman–Crippen MR) is 94.6 cm³/mol. The molecule has 0 unspecified atom stereocenters. The van der Waals surface area contributed by atoms with Crippen LogP contribution in [0.5, 0.6) is 0 Å². The zero-order valence-corrected chi connectivity index (χ0v) is 13.4. The summed E-state index contributed by atoms with van der Waals surface area (Å²) >= 11 is 1.35. The van der Waals surface area contributed by atoms with Gasteiger partial charge in [0, 0.05) is 5.69 Å².